The fourth-order valence-electron chi connectivity index (χ4n) is 2.31. The van der Waals surface area contributed by atoms with Gasteiger partial charge in [0, 0.05) is 12.2 Å². The number of anilines is 1. The van der Waals surface area contributed by atoms with Gasteiger partial charge in [0.1, 0.15) is 0 Å². The molecule has 114 valence electrons. The van der Waals surface area contributed by atoms with Gasteiger partial charge in [0.2, 0.25) is 0 Å². The third kappa shape index (κ3) is 3.47. The zero-order chi connectivity index (χ0) is 15.7. The zero-order valence-electron chi connectivity index (χ0n) is 10.9. The molecular weight excluding hydrogens is 305 g/mol. The number of sulfone groups is 1. The van der Waals surface area contributed by atoms with Gasteiger partial charge >= 0.3 is 6.18 Å². The Labute approximate surface area is 120 Å². The molecule has 0 aliphatic carbocycles. The summed E-state index contributed by atoms with van der Waals surface area (Å²) in [6, 6.07) is 4.75. The summed E-state index contributed by atoms with van der Waals surface area (Å²) in [4.78, 5) is 0. The van der Waals surface area contributed by atoms with Gasteiger partial charge in [-0.05, 0) is 31.0 Å². The van der Waals surface area contributed by atoms with E-state index >= 15 is 0 Å². The Morgan fingerprint density at radius 1 is 1.38 bits per heavy atom. The quantitative estimate of drug-likeness (QED) is 0.930. The molecule has 0 saturated carbocycles. The van der Waals surface area contributed by atoms with E-state index in [0.29, 0.717) is 12.8 Å². The van der Waals surface area contributed by atoms with Crippen molar-refractivity contribution in [3.8, 4) is 6.07 Å². The summed E-state index contributed by atoms with van der Waals surface area (Å²) >= 11 is 0. The predicted molar refractivity (Wildman–Crippen MR) is 71.5 cm³/mol. The SMILES string of the molecule is N#Cc1ccc(NCC2CCCS2(=O)=O)cc1C(F)(F)F. The lowest BCUT2D eigenvalue weighted by Gasteiger charge is -2.14. The number of nitrogens with one attached hydrogen (secondary N) is 1. The molecule has 1 N–H and O–H groups in total. The van der Waals surface area contributed by atoms with Crippen LogP contribution in [0.2, 0.25) is 0 Å². The number of halogens is 3. The molecule has 1 aromatic carbocycles. The van der Waals surface area contributed by atoms with E-state index in [1.54, 1.807) is 0 Å². The van der Waals surface area contributed by atoms with Crippen LogP contribution in [0.3, 0.4) is 0 Å². The first-order valence-corrected chi connectivity index (χ1v) is 8.02. The normalized spacial score (nSPS) is 21.0. The monoisotopic (exact) mass is 318 g/mol. The van der Waals surface area contributed by atoms with Crippen molar-refractivity contribution in [1.29, 1.82) is 5.26 Å². The van der Waals surface area contributed by atoms with Crippen molar-refractivity contribution in [3.05, 3.63) is 29.3 Å². The van der Waals surface area contributed by atoms with Gasteiger partial charge in [0.25, 0.3) is 0 Å². The largest absolute Gasteiger partial charge is 0.417 e. The van der Waals surface area contributed by atoms with E-state index in [9.17, 15) is 21.6 Å². The molecule has 2 rings (SSSR count). The first-order valence-electron chi connectivity index (χ1n) is 6.31. The Balaban J connectivity index is 2.17. The third-order valence-electron chi connectivity index (χ3n) is 3.44. The minimum absolute atomic E-state index is 0.0749. The molecule has 0 amide bonds. The molecule has 1 aliphatic heterocycles. The standard InChI is InChI=1S/C13H13F3N2O2S/c14-13(15,16)12-6-10(4-3-9(12)7-17)18-8-11-2-1-5-21(11,19)20/h3-4,6,11,18H,1-2,5,8H2. The zero-order valence-corrected chi connectivity index (χ0v) is 11.8. The molecule has 4 nitrogen and oxygen atoms in total. The van der Waals surface area contributed by atoms with Crippen LogP contribution < -0.4 is 5.32 Å². The highest BCUT2D eigenvalue weighted by Gasteiger charge is 2.34. The lowest BCUT2D eigenvalue weighted by molar-refractivity contribution is -0.137. The van der Waals surface area contributed by atoms with Gasteiger partial charge in [0.15, 0.2) is 9.84 Å². The van der Waals surface area contributed by atoms with E-state index in [1.807, 2.05) is 0 Å². The summed E-state index contributed by atoms with van der Waals surface area (Å²) in [7, 11) is -3.15. The molecule has 1 aliphatic rings. The van der Waals surface area contributed by atoms with Crippen LogP contribution in [0, 0.1) is 11.3 Å². The highest BCUT2D eigenvalue weighted by atomic mass is 32.2. The van der Waals surface area contributed by atoms with Gasteiger partial charge in [-0.2, -0.15) is 18.4 Å². The molecule has 1 atom stereocenters. The van der Waals surface area contributed by atoms with Gasteiger partial charge in [-0.15, -0.1) is 0 Å². The van der Waals surface area contributed by atoms with Gasteiger partial charge in [0.05, 0.1) is 28.2 Å². The van der Waals surface area contributed by atoms with Crippen LogP contribution >= 0.6 is 0 Å². The van der Waals surface area contributed by atoms with Crippen LogP contribution in [0.25, 0.3) is 0 Å². The van der Waals surface area contributed by atoms with Gasteiger partial charge < -0.3 is 5.32 Å². The fraction of sp³-hybridized carbons (Fsp3) is 0.462. The lowest BCUT2D eigenvalue weighted by atomic mass is 10.1. The molecule has 1 aromatic rings. The van der Waals surface area contributed by atoms with Crippen molar-refractivity contribution in [2.24, 2.45) is 0 Å². The lowest BCUT2D eigenvalue weighted by Crippen LogP contribution is -2.25. The molecule has 21 heavy (non-hydrogen) atoms. The third-order valence-corrected chi connectivity index (χ3v) is 5.72. The van der Waals surface area contributed by atoms with Crippen LogP contribution in [0.15, 0.2) is 18.2 Å². The molecule has 0 radical (unpaired) electrons. The molecule has 1 fully saturated rings. The first kappa shape index (κ1) is 15.6. The minimum atomic E-state index is -4.62. The molecule has 1 saturated heterocycles. The number of hydrogen-bond donors (Lipinski definition) is 1. The predicted octanol–water partition coefficient (Wildman–Crippen LogP) is 2.57. The molecular formula is C13H13F3N2O2S. The summed E-state index contributed by atoms with van der Waals surface area (Å²) in [6.07, 6.45) is -3.53. The molecule has 1 heterocycles. The fourth-order valence-corrected chi connectivity index (χ4v) is 4.07. The summed E-state index contributed by atoms with van der Waals surface area (Å²) < 4.78 is 61.7. The Kier molecular flexibility index (Phi) is 4.14. The number of rotatable bonds is 3. The van der Waals surface area contributed by atoms with Crippen molar-refractivity contribution in [2.45, 2.75) is 24.3 Å². The van der Waals surface area contributed by atoms with Crippen LogP contribution in [0.4, 0.5) is 18.9 Å². The van der Waals surface area contributed by atoms with Crippen LogP contribution in [-0.4, -0.2) is 26.0 Å². The average molecular weight is 318 g/mol. The van der Waals surface area contributed by atoms with Crippen molar-refractivity contribution >= 4 is 15.5 Å². The van der Waals surface area contributed by atoms with Gasteiger partial charge in [-0.3, -0.25) is 0 Å². The molecule has 0 spiro atoms. The summed E-state index contributed by atoms with van der Waals surface area (Å²) in [5.41, 5.74) is -1.32. The van der Waals surface area contributed by atoms with Crippen LogP contribution in [0.1, 0.15) is 24.0 Å². The average Bonchev–Trinajstić information content (AvgIpc) is 2.74. The smallest absolute Gasteiger partial charge is 0.384 e. The van der Waals surface area contributed by atoms with E-state index < -0.39 is 32.4 Å². The van der Waals surface area contributed by atoms with Crippen LogP contribution in [-0.2, 0) is 16.0 Å². The van der Waals surface area contributed by atoms with E-state index in [4.69, 9.17) is 5.26 Å². The van der Waals surface area contributed by atoms with Gasteiger partial charge in [-0.25, -0.2) is 8.42 Å². The summed E-state index contributed by atoms with van der Waals surface area (Å²) in [5.74, 6) is 0.126. The second-order valence-corrected chi connectivity index (χ2v) is 7.28. The van der Waals surface area contributed by atoms with Crippen molar-refractivity contribution < 1.29 is 21.6 Å². The molecule has 1 unspecified atom stereocenters. The van der Waals surface area contributed by atoms with Crippen molar-refractivity contribution in [1.82, 2.24) is 0 Å². The molecule has 0 aromatic heterocycles. The van der Waals surface area contributed by atoms with Gasteiger partial charge in [-0.1, -0.05) is 0 Å². The van der Waals surface area contributed by atoms with Crippen LogP contribution in [0.5, 0.6) is 0 Å². The Hall–Kier alpha value is -1.75. The Morgan fingerprint density at radius 2 is 2.10 bits per heavy atom. The van der Waals surface area contributed by atoms with E-state index in [-0.39, 0.29) is 18.0 Å². The second-order valence-electron chi connectivity index (χ2n) is 4.88. The number of nitrogens with zero attached hydrogens (tertiary/aromatic N) is 1. The molecule has 0 bridgehead atoms. The second kappa shape index (κ2) is 5.56. The van der Waals surface area contributed by atoms with Crippen molar-refractivity contribution in [2.75, 3.05) is 17.6 Å². The van der Waals surface area contributed by atoms with E-state index in [1.165, 1.54) is 12.1 Å². The summed E-state index contributed by atoms with van der Waals surface area (Å²) in [6.45, 7) is 0.0749. The Morgan fingerprint density at radius 3 is 2.62 bits per heavy atom. The number of nitriles is 1. The minimum Gasteiger partial charge on any atom is -0.384 e. The Bertz CT molecular complexity index is 678. The maximum atomic E-state index is 12.8. The van der Waals surface area contributed by atoms with E-state index in [2.05, 4.69) is 5.32 Å². The number of alkyl halides is 3. The topological polar surface area (TPSA) is 70.0 Å². The maximum Gasteiger partial charge on any atom is 0.417 e. The first-order chi connectivity index (χ1) is 9.74. The number of hydrogen-bond acceptors (Lipinski definition) is 4. The van der Waals surface area contributed by atoms with Crippen molar-refractivity contribution in [3.63, 3.8) is 0 Å². The molecule has 8 heteroatoms. The number of benzene rings is 1. The van der Waals surface area contributed by atoms with E-state index in [0.717, 1.165) is 12.1 Å². The highest BCUT2D eigenvalue weighted by Crippen LogP contribution is 2.33. The highest BCUT2D eigenvalue weighted by molar-refractivity contribution is 7.92. The summed E-state index contributed by atoms with van der Waals surface area (Å²) in [5, 5.41) is 10.8. The maximum absolute atomic E-state index is 12.8.